The lowest BCUT2D eigenvalue weighted by molar-refractivity contribution is 0.169. The van der Waals surface area contributed by atoms with Crippen LogP contribution in [-0.4, -0.2) is 17.7 Å². The maximum absolute atomic E-state index is 10.6. The Balaban J connectivity index is 1.95. The summed E-state index contributed by atoms with van der Waals surface area (Å²) in [6.45, 7) is 4.94. The number of hydrogen-bond donors (Lipinski definition) is 2. The third-order valence-corrected chi connectivity index (χ3v) is 4.57. The van der Waals surface area contributed by atoms with E-state index in [0.717, 1.165) is 12.8 Å². The molecular weight excluding hydrogens is 234 g/mol. The van der Waals surface area contributed by atoms with Crippen LogP contribution in [0.2, 0.25) is 0 Å². The second-order valence-corrected chi connectivity index (χ2v) is 6.35. The Labute approximate surface area is 116 Å². The van der Waals surface area contributed by atoms with Crippen molar-refractivity contribution in [2.75, 3.05) is 6.54 Å². The number of benzene rings is 1. The van der Waals surface area contributed by atoms with Crippen LogP contribution in [0.4, 0.5) is 0 Å². The molecule has 1 aromatic rings. The monoisotopic (exact) mass is 259 g/mol. The molecule has 0 fully saturated rings. The van der Waals surface area contributed by atoms with E-state index in [0.29, 0.717) is 12.6 Å². The van der Waals surface area contributed by atoms with Crippen LogP contribution in [0.5, 0.6) is 0 Å². The van der Waals surface area contributed by atoms with Crippen molar-refractivity contribution in [2.24, 2.45) is 0 Å². The Morgan fingerprint density at radius 3 is 2.16 bits per heavy atom. The van der Waals surface area contributed by atoms with Gasteiger partial charge in [0.1, 0.15) is 0 Å². The molecule has 0 spiro atoms. The summed E-state index contributed by atoms with van der Waals surface area (Å²) < 4.78 is 0. The highest BCUT2D eigenvalue weighted by Gasteiger charge is 2.27. The molecule has 0 saturated carbocycles. The molecule has 2 heteroatoms. The van der Waals surface area contributed by atoms with Crippen LogP contribution in [0.3, 0.4) is 0 Å². The highest BCUT2D eigenvalue weighted by molar-refractivity contribution is 5.51. The molecule has 1 aromatic carbocycles. The number of fused-ring (bicyclic) bond motifs is 2. The molecule has 0 bridgehead atoms. The Morgan fingerprint density at radius 2 is 1.63 bits per heavy atom. The quantitative estimate of drug-likeness (QED) is 0.871. The van der Waals surface area contributed by atoms with E-state index in [-0.39, 0.29) is 6.10 Å². The number of nitrogens with one attached hydrogen (secondary N) is 1. The van der Waals surface area contributed by atoms with Gasteiger partial charge in [-0.2, -0.15) is 0 Å². The van der Waals surface area contributed by atoms with Gasteiger partial charge in [-0.3, -0.25) is 0 Å². The van der Waals surface area contributed by atoms with E-state index in [1.807, 2.05) is 0 Å². The molecular formula is C17H25NO. The van der Waals surface area contributed by atoms with Crippen LogP contribution in [0.25, 0.3) is 0 Å². The smallest absolute Gasteiger partial charge is 0.0919 e. The standard InChI is InChI=1S/C17H25NO/c1-11(2)18-10-16(19)17-14-7-3-5-12(14)9-13-6-4-8-15(13)17/h9,11,16,18-19H,3-8,10H2,1-2H3. The van der Waals surface area contributed by atoms with Crippen molar-refractivity contribution in [3.8, 4) is 0 Å². The van der Waals surface area contributed by atoms with E-state index >= 15 is 0 Å². The Bertz CT molecular complexity index is 446. The van der Waals surface area contributed by atoms with Crippen molar-refractivity contribution < 1.29 is 5.11 Å². The maximum atomic E-state index is 10.6. The Hall–Kier alpha value is -0.860. The average Bonchev–Trinajstić information content (AvgIpc) is 3.00. The second-order valence-electron chi connectivity index (χ2n) is 6.35. The van der Waals surface area contributed by atoms with Crippen LogP contribution in [0, 0.1) is 0 Å². The largest absolute Gasteiger partial charge is 0.387 e. The van der Waals surface area contributed by atoms with Gasteiger partial charge in [0.15, 0.2) is 0 Å². The van der Waals surface area contributed by atoms with E-state index in [4.69, 9.17) is 0 Å². The fraction of sp³-hybridized carbons (Fsp3) is 0.647. The summed E-state index contributed by atoms with van der Waals surface area (Å²) in [7, 11) is 0. The van der Waals surface area contributed by atoms with Gasteiger partial charge in [-0.1, -0.05) is 19.9 Å². The highest BCUT2D eigenvalue weighted by Crippen LogP contribution is 2.38. The van der Waals surface area contributed by atoms with Gasteiger partial charge in [0.2, 0.25) is 0 Å². The first kappa shape index (κ1) is 13.1. The van der Waals surface area contributed by atoms with Crippen LogP contribution >= 0.6 is 0 Å². The first-order valence-electron chi connectivity index (χ1n) is 7.74. The maximum Gasteiger partial charge on any atom is 0.0919 e. The summed E-state index contributed by atoms with van der Waals surface area (Å²) in [5, 5.41) is 14.0. The van der Waals surface area contributed by atoms with Crippen molar-refractivity contribution in [3.63, 3.8) is 0 Å². The summed E-state index contributed by atoms with van der Waals surface area (Å²) in [5.41, 5.74) is 7.26. The molecule has 2 aliphatic rings. The molecule has 0 heterocycles. The predicted molar refractivity (Wildman–Crippen MR) is 78.6 cm³/mol. The molecule has 0 saturated heterocycles. The van der Waals surface area contributed by atoms with Crippen LogP contribution in [0.1, 0.15) is 60.6 Å². The van der Waals surface area contributed by atoms with Crippen molar-refractivity contribution in [2.45, 2.75) is 64.5 Å². The fourth-order valence-corrected chi connectivity index (χ4v) is 3.71. The van der Waals surface area contributed by atoms with E-state index in [9.17, 15) is 5.11 Å². The zero-order chi connectivity index (χ0) is 13.4. The molecule has 3 rings (SSSR count). The highest BCUT2D eigenvalue weighted by atomic mass is 16.3. The van der Waals surface area contributed by atoms with Crippen LogP contribution in [0.15, 0.2) is 6.07 Å². The van der Waals surface area contributed by atoms with Gasteiger partial charge in [0.05, 0.1) is 6.10 Å². The SMILES string of the molecule is CC(C)NCC(O)c1c2c(cc3c1CCC3)CCC2. The lowest BCUT2D eigenvalue weighted by atomic mass is 9.90. The first-order chi connectivity index (χ1) is 9.16. The molecule has 1 atom stereocenters. The van der Waals surface area contributed by atoms with E-state index in [1.165, 1.54) is 53.5 Å². The van der Waals surface area contributed by atoms with Crippen molar-refractivity contribution in [1.29, 1.82) is 0 Å². The Morgan fingerprint density at radius 1 is 1.05 bits per heavy atom. The number of aryl methyl sites for hydroxylation is 2. The summed E-state index contributed by atoms with van der Waals surface area (Å²) >= 11 is 0. The van der Waals surface area contributed by atoms with E-state index in [2.05, 4.69) is 25.2 Å². The molecule has 0 amide bonds. The van der Waals surface area contributed by atoms with E-state index < -0.39 is 0 Å². The lowest BCUT2D eigenvalue weighted by Gasteiger charge is -2.21. The van der Waals surface area contributed by atoms with Gasteiger partial charge in [0, 0.05) is 12.6 Å². The zero-order valence-electron chi connectivity index (χ0n) is 12.1. The minimum atomic E-state index is -0.331. The normalized spacial score (nSPS) is 18.7. The third kappa shape index (κ3) is 2.44. The molecule has 2 nitrogen and oxygen atoms in total. The van der Waals surface area contributed by atoms with Gasteiger partial charge >= 0.3 is 0 Å². The number of aliphatic hydroxyl groups is 1. The summed E-state index contributed by atoms with van der Waals surface area (Å²) in [4.78, 5) is 0. The van der Waals surface area contributed by atoms with Gasteiger partial charge in [-0.25, -0.2) is 0 Å². The number of hydrogen-bond acceptors (Lipinski definition) is 2. The van der Waals surface area contributed by atoms with Gasteiger partial charge < -0.3 is 10.4 Å². The summed E-state index contributed by atoms with van der Waals surface area (Å²) in [5.74, 6) is 0. The second kappa shape index (κ2) is 5.26. The zero-order valence-corrected chi connectivity index (χ0v) is 12.1. The minimum Gasteiger partial charge on any atom is -0.387 e. The topological polar surface area (TPSA) is 32.3 Å². The molecule has 104 valence electrons. The molecule has 2 N–H and O–H groups in total. The van der Waals surface area contributed by atoms with Crippen molar-refractivity contribution in [1.82, 2.24) is 5.32 Å². The molecule has 0 aromatic heterocycles. The number of rotatable bonds is 4. The van der Waals surface area contributed by atoms with E-state index in [1.54, 1.807) is 0 Å². The van der Waals surface area contributed by atoms with Gasteiger partial charge in [0.25, 0.3) is 0 Å². The van der Waals surface area contributed by atoms with Crippen molar-refractivity contribution in [3.05, 3.63) is 33.9 Å². The first-order valence-corrected chi connectivity index (χ1v) is 7.74. The van der Waals surface area contributed by atoms with Gasteiger partial charge in [-0.05, 0) is 66.3 Å². The lowest BCUT2D eigenvalue weighted by Crippen LogP contribution is -2.28. The average molecular weight is 259 g/mol. The van der Waals surface area contributed by atoms with Crippen molar-refractivity contribution >= 4 is 0 Å². The third-order valence-electron chi connectivity index (χ3n) is 4.57. The van der Waals surface area contributed by atoms with Crippen LogP contribution < -0.4 is 5.32 Å². The fourth-order valence-electron chi connectivity index (χ4n) is 3.71. The molecule has 0 radical (unpaired) electrons. The summed E-state index contributed by atoms with van der Waals surface area (Å²) in [6.07, 6.45) is 6.93. The van der Waals surface area contributed by atoms with Gasteiger partial charge in [-0.15, -0.1) is 0 Å². The Kier molecular flexibility index (Phi) is 3.64. The predicted octanol–water partition coefficient (Wildman–Crippen LogP) is 2.70. The number of aliphatic hydroxyl groups excluding tert-OH is 1. The van der Waals surface area contributed by atoms with Crippen LogP contribution in [-0.2, 0) is 25.7 Å². The molecule has 0 aliphatic heterocycles. The molecule has 2 aliphatic carbocycles. The molecule has 1 unspecified atom stereocenters. The minimum absolute atomic E-state index is 0.331. The summed E-state index contributed by atoms with van der Waals surface area (Å²) in [6, 6.07) is 2.86. The molecule has 19 heavy (non-hydrogen) atoms.